The average Bonchev–Trinajstić information content (AvgIpc) is 1.82. The molecule has 0 rings (SSSR count). The molecule has 0 unspecified atom stereocenters. The van der Waals surface area contributed by atoms with Gasteiger partial charge in [-0.15, -0.1) is 0 Å². The maximum Gasteiger partial charge on any atom is 0.333 e. The first kappa shape index (κ1) is 10.5. The van der Waals surface area contributed by atoms with E-state index in [1.807, 2.05) is 0 Å². The lowest BCUT2D eigenvalue weighted by molar-refractivity contribution is 0.203. The van der Waals surface area contributed by atoms with Crippen molar-refractivity contribution >= 4 is 26.0 Å². The number of rotatable bonds is 1. The van der Waals surface area contributed by atoms with E-state index < -0.39 is 15.3 Å². The molecule has 0 aliphatic heterocycles. The summed E-state index contributed by atoms with van der Waals surface area (Å²) in [6.07, 6.45) is 0. The molecular weight excluding hydrogens is 192 g/mol. The van der Waals surface area contributed by atoms with E-state index in [1.54, 1.807) is 0 Å². The van der Waals surface area contributed by atoms with Gasteiger partial charge in [-0.2, -0.15) is 8.42 Å². The molecule has 0 atom stereocenters. The van der Waals surface area contributed by atoms with Crippen molar-refractivity contribution in [3.63, 3.8) is 0 Å². The van der Waals surface area contributed by atoms with E-state index in [0.717, 1.165) is 11.9 Å². The Morgan fingerprint density at radius 3 is 1.73 bits per heavy atom. The molecule has 0 aliphatic carbocycles. The van der Waals surface area contributed by atoms with Crippen LogP contribution in [0.2, 0.25) is 0 Å². The second-order valence-corrected chi connectivity index (χ2v) is 4.63. The van der Waals surface area contributed by atoms with Crippen molar-refractivity contribution in [1.82, 2.24) is 9.21 Å². The van der Waals surface area contributed by atoms with E-state index in [0.29, 0.717) is 4.31 Å². The number of amides is 2. The fourth-order valence-corrected chi connectivity index (χ4v) is 0.902. The van der Waals surface area contributed by atoms with Gasteiger partial charge in [0, 0.05) is 31.8 Å². The number of halogens is 1. The Balaban J connectivity index is 4.53. The van der Waals surface area contributed by atoms with E-state index in [-0.39, 0.29) is 0 Å². The fraction of sp³-hybridized carbons (Fsp3) is 0.750. The van der Waals surface area contributed by atoms with Gasteiger partial charge in [-0.05, 0) is 0 Å². The van der Waals surface area contributed by atoms with Gasteiger partial charge in [-0.1, -0.05) is 0 Å². The topological polar surface area (TPSA) is 57.7 Å². The minimum absolute atomic E-state index is 0.453. The molecule has 0 aliphatic rings. The van der Waals surface area contributed by atoms with Gasteiger partial charge in [0.25, 0.3) is 0 Å². The van der Waals surface area contributed by atoms with E-state index >= 15 is 0 Å². The molecular formula is C4H9ClN2O3S. The summed E-state index contributed by atoms with van der Waals surface area (Å²) in [5, 5.41) is 0. The van der Waals surface area contributed by atoms with Crippen LogP contribution in [0.15, 0.2) is 0 Å². The molecule has 0 saturated heterocycles. The molecule has 7 heteroatoms. The zero-order valence-corrected chi connectivity index (χ0v) is 7.98. The molecule has 0 heterocycles. The standard InChI is InChI=1S/C4H9ClN2O3S/c1-6(2)4(8)7(3)11(5,9)10/h1-3H3. The Labute approximate surface area is 70.1 Å². The minimum atomic E-state index is -3.93. The highest BCUT2D eigenvalue weighted by molar-refractivity contribution is 8.12. The zero-order chi connectivity index (χ0) is 9.23. The van der Waals surface area contributed by atoms with Gasteiger partial charge in [0.2, 0.25) is 0 Å². The SMILES string of the molecule is CN(C)C(=O)N(C)S(=O)(=O)Cl. The minimum Gasteiger partial charge on any atom is -0.330 e. The maximum absolute atomic E-state index is 10.9. The van der Waals surface area contributed by atoms with Crippen molar-refractivity contribution in [2.24, 2.45) is 0 Å². The molecule has 0 fully saturated rings. The lowest BCUT2D eigenvalue weighted by Gasteiger charge is -2.17. The number of nitrogens with zero attached hydrogens (tertiary/aromatic N) is 2. The van der Waals surface area contributed by atoms with Gasteiger partial charge < -0.3 is 4.90 Å². The second-order valence-electron chi connectivity index (χ2n) is 2.09. The summed E-state index contributed by atoms with van der Waals surface area (Å²) in [6.45, 7) is 0. The number of urea groups is 1. The molecule has 0 aromatic rings. The van der Waals surface area contributed by atoms with Crippen molar-refractivity contribution in [2.75, 3.05) is 21.1 Å². The Morgan fingerprint density at radius 2 is 1.64 bits per heavy atom. The zero-order valence-electron chi connectivity index (χ0n) is 6.41. The van der Waals surface area contributed by atoms with Crippen molar-refractivity contribution < 1.29 is 13.2 Å². The van der Waals surface area contributed by atoms with Crippen LogP contribution in [0.25, 0.3) is 0 Å². The fourth-order valence-electron chi connectivity index (χ4n) is 0.375. The quantitative estimate of drug-likeness (QED) is 0.564. The van der Waals surface area contributed by atoms with Gasteiger partial charge in [0.15, 0.2) is 0 Å². The molecule has 0 aromatic carbocycles. The van der Waals surface area contributed by atoms with E-state index in [2.05, 4.69) is 0 Å². The van der Waals surface area contributed by atoms with Gasteiger partial charge in [0.05, 0.1) is 0 Å². The van der Waals surface area contributed by atoms with Crippen LogP contribution in [-0.4, -0.2) is 44.8 Å². The molecule has 2 amide bonds. The molecule has 0 saturated carbocycles. The predicted octanol–water partition coefficient (Wildman–Crippen LogP) is 0.0834. The summed E-state index contributed by atoms with van der Waals surface area (Å²) in [5.74, 6) is 0. The Hall–Kier alpha value is -0.490. The summed E-state index contributed by atoms with van der Waals surface area (Å²) in [5.41, 5.74) is 0. The normalized spacial score (nSPS) is 10.9. The van der Waals surface area contributed by atoms with E-state index in [1.165, 1.54) is 14.1 Å². The van der Waals surface area contributed by atoms with Crippen molar-refractivity contribution in [3.05, 3.63) is 0 Å². The highest BCUT2D eigenvalue weighted by Crippen LogP contribution is 2.04. The van der Waals surface area contributed by atoms with Crippen LogP contribution in [0, 0.1) is 0 Å². The number of hydrogen-bond donors (Lipinski definition) is 0. The van der Waals surface area contributed by atoms with Gasteiger partial charge in [-0.25, -0.2) is 9.10 Å². The monoisotopic (exact) mass is 200 g/mol. The Bertz CT molecular complexity index is 248. The number of carbonyl (C=O) groups is 1. The van der Waals surface area contributed by atoms with Crippen LogP contribution in [0.1, 0.15) is 0 Å². The van der Waals surface area contributed by atoms with Gasteiger partial charge >= 0.3 is 15.3 Å². The summed E-state index contributed by atoms with van der Waals surface area (Å²) in [6, 6.07) is -0.681. The molecule has 11 heavy (non-hydrogen) atoms. The number of hydrogen-bond acceptors (Lipinski definition) is 3. The first-order valence-corrected chi connectivity index (χ1v) is 4.93. The third-order valence-corrected chi connectivity index (χ3v) is 2.41. The summed E-state index contributed by atoms with van der Waals surface area (Å²) in [7, 11) is 4.89. The summed E-state index contributed by atoms with van der Waals surface area (Å²) >= 11 is 0. The third kappa shape index (κ3) is 2.94. The average molecular weight is 201 g/mol. The van der Waals surface area contributed by atoms with Gasteiger partial charge in [-0.3, -0.25) is 0 Å². The van der Waals surface area contributed by atoms with E-state index in [9.17, 15) is 13.2 Å². The molecule has 5 nitrogen and oxygen atoms in total. The highest BCUT2D eigenvalue weighted by Gasteiger charge is 2.21. The molecule has 0 spiro atoms. The van der Waals surface area contributed by atoms with Crippen LogP contribution in [0.5, 0.6) is 0 Å². The molecule has 66 valence electrons. The predicted molar refractivity (Wildman–Crippen MR) is 41.6 cm³/mol. The van der Waals surface area contributed by atoms with Crippen molar-refractivity contribution in [1.29, 1.82) is 0 Å². The molecule has 0 aromatic heterocycles. The van der Waals surface area contributed by atoms with Crippen LogP contribution in [0.3, 0.4) is 0 Å². The van der Waals surface area contributed by atoms with Crippen molar-refractivity contribution in [2.45, 2.75) is 0 Å². The summed E-state index contributed by atoms with van der Waals surface area (Å²) < 4.78 is 21.5. The summed E-state index contributed by atoms with van der Waals surface area (Å²) in [4.78, 5) is 12.0. The largest absolute Gasteiger partial charge is 0.333 e. The van der Waals surface area contributed by atoms with Crippen LogP contribution < -0.4 is 0 Å². The van der Waals surface area contributed by atoms with Crippen LogP contribution >= 0.6 is 10.7 Å². The molecule has 0 bridgehead atoms. The number of carbonyl (C=O) groups excluding carboxylic acids is 1. The van der Waals surface area contributed by atoms with Gasteiger partial charge in [0.1, 0.15) is 0 Å². The lowest BCUT2D eigenvalue weighted by Crippen LogP contribution is -2.38. The maximum atomic E-state index is 10.9. The van der Waals surface area contributed by atoms with Crippen molar-refractivity contribution in [3.8, 4) is 0 Å². The molecule has 0 radical (unpaired) electrons. The van der Waals surface area contributed by atoms with E-state index in [4.69, 9.17) is 10.7 Å². The Kier molecular flexibility index (Phi) is 3.13. The highest BCUT2D eigenvalue weighted by atomic mass is 35.7. The van der Waals surface area contributed by atoms with Crippen LogP contribution in [-0.2, 0) is 9.24 Å². The third-order valence-electron chi connectivity index (χ3n) is 0.979. The Morgan fingerprint density at radius 1 is 1.27 bits per heavy atom. The first-order chi connectivity index (χ1) is 4.76. The molecule has 0 N–H and O–H groups in total. The van der Waals surface area contributed by atoms with Crippen LogP contribution in [0.4, 0.5) is 4.79 Å². The lowest BCUT2D eigenvalue weighted by atomic mass is 10.8. The second kappa shape index (κ2) is 3.27. The first-order valence-electron chi connectivity index (χ1n) is 2.66. The smallest absolute Gasteiger partial charge is 0.330 e.